The first kappa shape index (κ1) is 12.0. The molecule has 1 aliphatic heterocycles. The highest BCUT2D eigenvalue weighted by atomic mass is 32.2. The Bertz CT molecular complexity index is 571. The summed E-state index contributed by atoms with van der Waals surface area (Å²) in [4.78, 5) is 11.8. The van der Waals surface area contributed by atoms with Gasteiger partial charge in [0.2, 0.25) is 10.0 Å². The van der Waals surface area contributed by atoms with Crippen LogP contribution in [0.15, 0.2) is 18.2 Å². The van der Waals surface area contributed by atoms with Crippen LogP contribution < -0.4 is 0 Å². The average molecular weight is 261 g/mol. The van der Waals surface area contributed by atoms with E-state index >= 15 is 0 Å². The fourth-order valence-corrected chi connectivity index (χ4v) is 3.14. The van der Waals surface area contributed by atoms with E-state index in [2.05, 4.69) is 0 Å². The molecule has 0 spiro atoms. The molecular weight excluding hydrogens is 252 g/mol. The Hall–Kier alpha value is -1.50. The normalized spacial score (nSPS) is 18.4. The topological polar surface area (TPSA) is 54.5 Å². The molecule has 0 saturated carbocycles. The number of nitrogens with zero attached hydrogens (tertiary/aromatic N) is 1. The van der Waals surface area contributed by atoms with Crippen molar-refractivity contribution in [1.29, 1.82) is 0 Å². The van der Waals surface area contributed by atoms with Crippen molar-refractivity contribution >= 4 is 15.9 Å². The molecule has 2 rings (SSSR count). The molecule has 1 heterocycles. The van der Waals surface area contributed by atoms with Crippen LogP contribution in [-0.4, -0.2) is 30.9 Å². The first-order chi connectivity index (χ1) is 7.93. The van der Waals surface area contributed by atoms with E-state index in [0.717, 1.165) is 18.2 Å². The summed E-state index contributed by atoms with van der Waals surface area (Å²) >= 11 is 0. The molecule has 1 aromatic carbocycles. The molecule has 92 valence electrons. The van der Waals surface area contributed by atoms with E-state index in [9.17, 15) is 22.0 Å². The highest BCUT2D eigenvalue weighted by Gasteiger charge is 2.34. The summed E-state index contributed by atoms with van der Waals surface area (Å²) in [7, 11) is -3.67. The predicted molar refractivity (Wildman–Crippen MR) is 55.8 cm³/mol. The smallest absolute Gasteiger partial charge is 0.268 e. The van der Waals surface area contributed by atoms with Gasteiger partial charge in [-0.15, -0.1) is 0 Å². The molecular formula is C10H9F2NO3S. The van der Waals surface area contributed by atoms with E-state index in [0.29, 0.717) is 10.7 Å². The van der Waals surface area contributed by atoms with Crippen molar-refractivity contribution in [1.82, 2.24) is 4.31 Å². The van der Waals surface area contributed by atoms with Crippen molar-refractivity contribution in [3.63, 3.8) is 0 Å². The predicted octanol–water partition coefficient (Wildman–Crippen LogP) is 1.14. The Kier molecular flexibility index (Phi) is 2.86. The number of rotatable bonds is 1. The Morgan fingerprint density at radius 1 is 1.29 bits per heavy atom. The third-order valence-electron chi connectivity index (χ3n) is 2.51. The van der Waals surface area contributed by atoms with Gasteiger partial charge in [0.05, 0.1) is 11.3 Å². The van der Waals surface area contributed by atoms with E-state index in [4.69, 9.17) is 0 Å². The third kappa shape index (κ3) is 2.02. The van der Waals surface area contributed by atoms with Gasteiger partial charge in [0.25, 0.3) is 5.91 Å². The van der Waals surface area contributed by atoms with Crippen LogP contribution in [0.1, 0.15) is 16.8 Å². The molecule has 0 aromatic heterocycles. The number of sulfonamides is 1. The molecule has 1 amide bonds. The minimum absolute atomic E-state index is 0.0110. The molecule has 0 bridgehead atoms. The standard InChI is InChI=1S/C10H9F2NO3S/c11-8-4-1-3-7(9(8)12)10(14)13-5-2-6-17(13,15)16/h1,3-4H,2,5-6H2. The number of hydrogen-bond donors (Lipinski definition) is 0. The number of amides is 1. The van der Waals surface area contributed by atoms with Gasteiger partial charge in [-0.25, -0.2) is 21.5 Å². The van der Waals surface area contributed by atoms with Crippen LogP contribution >= 0.6 is 0 Å². The number of hydrogen-bond acceptors (Lipinski definition) is 3. The van der Waals surface area contributed by atoms with Crippen LogP contribution in [0.3, 0.4) is 0 Å². The maximum Gasteiger partial charge on any atom is 0.270 e. The number of carbonyl (C=O) groups excluding carboxylic acids is 1. The van der Waals surface area contributed by atoms with Crippen molar-refractivity contribution < 1.29 is 22.0 Å². The van der Waals surface area contributed by atoms with Gasteiger partial charge >= 0.3 is 0 Å². The number of benzene rings is 1. The van der Waals surface area contributed by atoms with E-state index in [1.165, 1.54) is 0 Å². The van der Waals surface area contributed by atoms with Gasteiger partial charge in [0.1, 0.15) is 0 Å². The van der Waals surface area contributed by atoms with Crippen molar-refractivity contribution in [3.8, 4) is 0 Å². The third-order valence-corrected chi connectivity index (χ3v) is 4.33. The summed E-state index contributed by atoms with van der Waals surface area (Å²) in [6.45, 7) is 0.0110. The maximum absolute atomic E-state index is 13.3. The van der Waals surface area contributed by atoms with E-state index < -0.39 is 33.1 Å². The molecule has 17 heavy (non-hydrogen) atoms. The van der Waals surface area contributed by atoms with Gasteiger partial charge in [-0.1, -0.05) is 6.07 Å². The maximum atomic E-state index is 13.3. The zero-order valence-electron chi connectivity index (χ0n) is 8.69. The monoisotopic (exact) mass is 261 g/mol. The summed E-state index contributed by atoms with van der Waals surface area (Å²) in [5.41, 5.74) is -0.560. The molecule has 4 nitrogen and oxygen atoms in total. The highest BCUT2D eigenvalue weighted by molar-refractivity contribution is 7.89. The highest BCUT2D eigenvalue weighted by Crippen LogP contribution is 2.20. The van der Waals surface area contributed by atoms with Crippen molar-refractivity contribution in [2.24, 2.45) is 0 Å². The molecule has 0 radical (unpaired) electrons. The molecule has 7 heteroatoms. The second-order valence-corrected chi connectivity index (χ2v) is 5.66. The van der Waals surface area contributed by atoms with Gasteiger partial charge < -0.3 is 0 Å². The van der Waals surface area contributed by atoms with Crippen molar-refractivity contribution in [3.05, 3.63) is 35.4 Å². The van der Waals surface area contributed by atoms with Gasteiger partial charge in [-0.2, -0.15) is 0 Å². The second kappa shape index (κ2) is 4.06. The first-order valence-corrected chi connectivity index (χ1v) is 6.53. The number of carbonyl (C=O) groups is 1. The summed E-state index contributed by atoms with van der Waals surface area (Å²) in [6.07, 6.45) is 0.311. The minimum atomic E-state index is -3.67. The van der Waals surface area contributed by atoms with Crippen LogP contribution in [0, 0.1) is 11.6 Å². The molecule has 0 atom stereocenters. The van der Waals surface area contributed by atoms with E-state index in [1.807, 2.05) is 0 Å². The van der Waals surface area contributed by atoms with Crippen LogP contribution in [0.25, 0.3) is 0 Å². The van der Waals surface area contributed by atoms with E-state index in [1.54, 1.807) is 0 Å². The molecule has 0 N–H and O–H groups in total. The minimum Gasteiger partial charge on any atom is -0.268 e. The fraction of sp³-hybridized carbons (Fsp3) is 0.300. The van der Waals surface area contributed by atoms with Crippen molar-refractivity contribution in [2.75, 3.05) is 12.3 Å². The van der Waals surface area contributed by atoms with Gasteiger partial charge in [-0.3, -0.25) is 4.79 Å². The molecule has 0 aliphatic carbocycles. The van der Waals surface area contributed by atoms with Crippen LogP contribution in [0.5, 0.6) is 0 Å². The SMILES string of the molecule is O=C(c1cccc(F)c1F)N1CCCS1(=O)=O. The summed E-state index contributed by atoms with van der Waals surface area (Å²) < 4.78 is 49.8. The lowest BCUT2D eigenvalue weighted by Crippen LogP contribution is -2.33. The molecule has 1 fully saturated rings. The average Bonchev–Trinajstić information content (AvgIpc) is 2.61. The summed E-state index contributed by atoms with van der Waals surface area (Å²) in [6, 6.07) is 3.09. The van der Waals surface area contributed by atoms with Gasteiger partial charge in [0, 0.05) is 6.54 Å². The van der Waals surface area contributed by atoms with Crippen molar-refractivity contribution in [2.45, 2.75) is 6.42 Å². The first-order valence-electron chi connectivity index (χ1n) is 4.92. The van der Waals surface area contributed by atoms with E-state index in [-0.39, 0.29) is 12.3 Å². The lowest BCUT2D eigenvalue weighted by atomic mass is 10.2. The Balaban J connectivity index is 2.42. The molecule has 0 unspecified atom stereocenters. The van der Waals surface area contributed by atoms with Crippen LogP contribution in [-0.2, 0) is 10.0 Å². The molecule has 1 aliphatic rings. The quantitative estimate of drug-likeness (QED) is 0.761. The molecule has 1 aromatic rings. The fourth-order valence-electron chi connectivity index (χ4n) is 1.67. The largest absolute Gasteiger partial charge is 0.270 e. The lowest BCUT2D eigenvalue weighted by molar-refractivity contribution is 0.0864. The second-order valence-electron chi connectivity index (χ2n) is 3.65. The Labute approximate surface area is 96.9 Å². The Morgan fingerprint density at radius 2 is 2.00 bits per heavy atom. The van der Waals surface area contributed by atoms with Gasteiger partial charge in [0.15, 0.2) is 11.6 Å². The zero-order chi connectivity index (χ0) is 12.6. The summed E-state index contributed by atoms with van der Waals surface area (Å²) in [5.74, 6) is -3.65. The lowest BCUT2D eigenvalue weighted by Gasteiger charge is -2.14. The van der Waals surface area contributed by atoms with Crippen LogP contribution in [0.2, 0.25) is 0 Å². The zero-order valence-corrected chi connectivity index (χ0v) is 9.51. The number of halogens is 2. The summed E-state index contributed by atoms with van der Waals surface area (Å²) in [5, 5.41) is 0. The van der Waals surface area contributed by atoms with Crippen LogP contribution in [0.4, 0.5) is 8.78 Å². The molecule has 1 saturated heterocycles. The van der Waals surface area contributed by atoms with Gasteiger partial charge in [-0.05, 0) is 18.6 Å². The Morgan fingerprint density at radius 3 is 2.59 bits per heavy atom.